The molecule has 0 spiro atoms. The van der Waals surface area contributed by atoms with Crippen molar-refractivity contribution in [2.45, 2.75) is 71.0 Å². The molecule has 74 heavy (non-hydrogen) atoms. The number of fused-ring (bicyclic) bond motifs is 1. The summed E-state index contributed by atoms with van der Waals surface area (Å²) in [6.07, 6.45) is 7.70. The number of ether oxygens (including phenoxy) is 5. The van der Waals surface area contributed by atoms with Crippen molar-refractivity contribution >= 4 is 52.4 Å². The zero-order valence-corrected chi connectivity index (χ0v) is 43.9. The number of carbonyl (C=O) groups is 4. The number of nitrogens with one attached hydrogen (secondary N) is 3. The van der Waals surface area contributed by atoms with Gasteiger partial charge in [0.15, 0.2) is 0 Å². The zero-order chi connectivity index (χ0) is 52.1. The summed E-state index contributed by atoms with van der Waals surface area (Å²) >= 11 is 1.40. The third-order valence-corrected chi connectivity index (χ3v) is 14.4. The highest BCUT2D eigenvalue weighted by molar-refractivity contribution is 7.10. The Bertz CT molecular complexity index is 2490. The molecule has 4 aromatic rings. The van der Waals surface area contributed by atoms with Crippen LogP contribution in [0.2, 0.25) is 0 Å². The number of thiazole rings is 1. The van der Waals surface area contributed by atoms with Gasteiger partial charge < -0.3 is 49.4 Å². The van der Waals surface area contributed by atoms with Crippen LogP contribution in [0.4, 0.5) is 11.4 Å². The predicted octanol–water partition coefficient (Wildman–Crippen LogP) is 6.66. The summed E-state index contributed by atoms with van der Waals surface area (Å²) in [6.45, 7) is 13.2. The Morgan fingerprint density at radius 2 is 1.41 bits per heavy atom. The number of benzene rings is 3. The molecule has 18 heteroatoms. The zero-order valence-electron chi connectivity index (χ0n) is 43.1. The Balaban J connectivity index is 0.656. The van der Waals surface area contributed by atoms with Crippen molar-refractivity contribution in [1.82, 2.24) is 25.4 Å². The Hall–Kier alpha value is -6.04. The maximum absolute atomic E-state index is 13.3. The van der Waals surface area contributed by atoms with E-state index in [0.29, 0.717) is 109 Å². The summed E-state index contributed by atoms with van der Waals surface area (Å²) in [5.41, 5.74) is 6.89. The Labute approximate surface area is 439 Å². The number of aromatic nitrogens is 1. The fourth-order valence-electron chi connectivity index (χ4n) is 9.92. The summed E-state index contributed by atoms with van der Waals surface area (Å²) in [5.74, 6) is -0.0556. The number of nitriles is 1. The van der Waals surface area contributed by atoms with Gasteiger partial charge in [-0.1, -0.05) is 35.9 Å². The van der Waals surface area contributed by atoms with Gasteiger partial charge in [-0.15, -0.1) is 11.3 Å². The van der Waals surface area contributed by atoms with E-state index in [0.717, 1.165) is 73.3 Å². The number of nitrogens with zero attached hydrogens (tertiary/aromatic N) is 5. The van der Waals surface area contributed by atoms with Crippen LogP contribution in [-0.2, 0) is 38.1 Å². The first-order valence-corrected chi connectivity index (χ1v) is 26.8. The fourth-order valence-corrected chi connectivity index (χ4v) is 10.5. The molecule has 7 rings (SSSR count). The van der Waals surface area contributed by atoms with Crippen LogP contribution in [0, 0.1) is 24.2 Å². The minimum Gasteiger partial charge on any atom is -0.378 e. The summed E-state index contributed by atoms with van der Waals surface area (Å²) in [7, 11) is 0. The second-order valence-electron chi connectivity index (χ2n) is 18.9. The molecule has 1 aromatic heterocycles. The van der Waals surface area contributed by atoms with E-state index in [9.17, 15) is 24.4 Å². The molecule has 396 valence electrons. The third-order valence-electron chi connectivity index (χ3n) is 13.7. The van der Waals surface area contributed by atoms with Crippen LogP contribution >= 0.6 is 11.3 Å². The lowest BCUT2D eigenvalue weighted by Gasteiger charge is -2.39. The second kappa shape index (κ2) is 29.2. The van der Waals surface area contributed by atoms with E-state index in [4.69, 9.17) is 23.7 Å². The number of hydrogen-bond donors (Lipinski definition) is 3. The Kier molecular flexibility index (Phi) is 21.9. The molecule has 0 radical (unpaired) electrons. The van der Waals surface area contributed by atoms with Crippen molar-refractivity contribution in [1.29, 1.82) is 5.26 Å². The fraction of sp³-hybridized carbons (Fsp3) is 0.500. The van der Waals surface area contributed by atoms with Gasteiger partial charge in [-0.05, 0) is 124 Å². The monoisotopic (exact) mass is 1030 g/mol. The molecule has 1 unspecified atom stereocenters. The maximum Gasteiger partial charge on any atom is 0.264 e. The van der Waals surface area contributed by atoms with Gasteiger partial charge in [0.25, 0.3) is 11.8 Å². The van der Waals surface area contributed by atoms with E-state index in [1.807, 2.05) is 51.6 Å². The highest BCUT2D eigenvalue weighted by atomic mass is 32.1. The average molecular weight is 1030 g/mol. The molecule has 3 aromatic carbocycles. The molecule has 3 aliphatic heterocycles. The smallest absolute Gasteiger partial charge is 0.264 e. The lowest BCUT2D eigenvalue weighted by Crippen LogP contribution is -2.47. The van der Waals surface area contributed by atoms with E-state index in [2.05, 4.69) is 76.1 Å². The lowest BCUT2D eigenvalue weighted by atomic mass is 9.87. The first-order valence-electron chi connectivity index (χ1n) is 25.9. The maximum atomic E-state index is 13.3. The van der Waals surface area contributed by atoms with Gasteiger partial charge in [-0.3, -0.25) is 24.1 Å². The molecule has 3 atom stereocenters. The molecule has 0 saturated carbocycles. The minimum absolute atomic E-state index is 0.0222. The van der Waals surface area contributed by atoms with Crippen LogP contribution in [-0.4, -0.2) is 156 Å². The molecule has 2 saturated heterocycles. The minimum atomic E-state index is -0.212. The predicted molar refractivity (Wildman–Crippen MR) is 286 cm³/mol. The normalized spacial score (nSPS) is 18.2. The van der Waals surface area contributed by atoms with Crippen molar-refractivity contribution in [2.24, 2.45) is 5.92 Å². The standard InChI is InChI=1S/C56H72N8O9S/c1-40-6-13-48(14-7-40)61-50-35-41(2)64(42(3)65)52-15-12-46(36-49(50)52)43-8-10-45(11-9-43)55(67)60-19-25-70-27-29-72-31-33-73-32-30-71-28-26-69-24-18-58-53(66)39-62-22-16-44(17-23-62)51-5-4-21-63(51)56(68)47(38-57)37-54-59-20-34-74-54/h6-15,20,34,36-37,41,44,50-51,61H,4-5,16-19,21-33,35,39H2,1-3H3,(H,58,66)(H,60,67)/b47-37+/t41-,50+,51?/m0/s1. The molecule has 3 N–H and O–H groups in total. The van der Waals surface area contributed by atoms with Crippen molar-refractivity contribution in [2.75, 3.05) is 116 Å². The van der Waals surface area contributed by atoms with Crippen molar-refractivity contribution in [3.05, 3.63) is 106 Å². The number of piperidine rings is 1. The molecule has 3 aliphatic rings. The highest BCUT2D eigenvalue weighted by Crippen LogP contribution is 2.41. The third kappa shape index (κ3) is 16.5. The SMILES string of the molecule is CC(=O)N1c2ccc(-c3ccc(C(=O)NCCOCCOCCOCCOCCOCCNC(=O)CN4CCC(C5CCCN5C(=O)/C(C#N)=C/c5nccs5)CC4)cc3)cc2[C@H](Nc2ccc(C)cc2)C[C@@H]1C. The lowest BCUT2D eigenvalue weighted by molar-refractivity contribution is -0.128. The van der Waals surface area contributed by atoms with Crippen LogP contribution in [0.3, 0.4) is 0 Å². The highest BCUT2D eigenvalue weighted by Gasteiger charge is 2.38. The van der Waals surface area contributed by atoms with E-state index >= 15 is 0 Å². The number of hydrogen-bond acceptors (Lipinski definition) is 14. The molecule has 0 bridgehead atoms. The summed E-state index contributed by atoms with van der Waals surface area (Å²) in [6, 6.07) is 24.4. The number of carbonyl (C=O) groups excluding carboxylic acids is 4. The van der Waals surface area contributed by atoms with E-state index in [1.165, 1.54) is 16.9 Å². The van der Waals surface area contributed by atoms with Crippen LogP contribution in [0.1, 0.15) is 78.5 Å². The Morgan fingerprint density at radius 3 is 2.01 bits per heavy atom. The van der Waals surface area contributed by atoms with Crippen molar-refractivity contribution in [3.63, 3.8) is 0 Å². The molecular weight excluding hydrogens is 961 g/mol. The summed E-state index contributed by atoms with van der Waals surface area (Å²) in [4.78, 5) is 61.6. The molecular formula is C56H72N8O9S. The Morgan fingerprint density at radius 1 is 0.784 bits per heavy atom. The number of rotatable bonds is 27. The molecule has 4 amide bonds. The van der Waals surface area contributed by atoms with Crippen LogP contribution in [0.5, 0.6) is 0 Å². The second-order valence-corrected chi connectivity index (χ2v) is 19.8. The van der Waals surface area contributed by atoms with E-state index in [1.54, 1.807) is 19.2 Å². The number of anilines is 2. The first kappa shape index (κ1) is 55.7. The van der Waals surface area contributed by atoms with Gasteiger partial charge in [0.2, 0.25) is 11.8 Å². The van der Waals surface area contributed by atoms with Gasteiger partial charge >= 0.3 is 0 Å². The van der Waals surface area contributed by atoms with Crippen LogP contribution in [0.25, 0.3) is 17.2 Å². The van der Waals surface area contributed by atoms with Gasteiger partial charge in [-0.2, -0.15) is 5.26 Å². The molecule has 2 fully saturated rings. The van der Waals surface area contributed by atoms with Gasteiger partial charge in [-0.25, -0.2) is 4.98 Å². The largest absolute Gasteiger partial charge is 0.378 e. The van der Waals surface area contributed by atoms with Crippen molar-refractivity contribution in [3.8, 4) is 17.2 Å². The number of likely N-dealkylation sites (tertiary alicyclic amines) is 2. The molecule has 4 heterocycles. The van der Waals surface area contributed by atoms with Gasteiger partial charge in [0.1, 0.15) is 16.6 Å². The topological polar surface area (TPSA) is 197 Å². The van der Waals surface area contributed by atoms with E-state index < -0.39 is 0 Å². The van der Waals surface area contributed by atoms with Crippen LogP contribution in [0.15, 0.2) is 83.9 Å². The quantitative estimate of drug-likeness (QED) is 0.0326. The summed E-state index contributed by atoms with van der Waals surface area (Å²) in [5, 5.41) is 21.7. The molecule has 0 aliphatic carbocycles. The first-order chi connectivity index (χ1) is 36.1. The van der Waals surface area contributed by atoms with Crippen molar-refractivity contribution < 1.29 is 42.9 Å². The van der Waals surface area contributed by atoms with Gasteiger partial charge in [0, 0.05) is 67.2 Å². The van der Waals surface area contributed by atoms with Gasteiger partial charge in [0.05, 0.1) is 78.7 Å². The number of amides is 4. The van der Waals surface area contributed by atoms with E-state index in [-0.39, 0.29) is 47.3 Å². The van der Waals surface area contributed by atoms with Crippen LogP contribution < -0.4 is 20.9 Å². The summed E-state index contributed by atoms with van der Waals surface area (Å²) < 4.78 is 28.0. The molecule has 17 nitrogen and oxygen atoms in total. The average Bonchev–Trinajstić information content (AvgIpc) is 4.13. The number of aryl methyl sites for hydroxylation is 1.